The number of nitrogens with one attached hydrogen (secondary N) is 1. The molecule has 1 rings (SSSR count). The van der Waals surface area contributed by atoms with E-state index in [0.717, 1.165) is 6.54 Å². The third-order valence-electron chi connectivity index (χ3n) is 1.92. The lowest BCUT2D eigenvalue weighted by Gasteiger charge is -2.15. The normalized spacial score (nSPS) is 10.3. The summed E-state index contributed by atoms with van der Waals surface area (Å²) in [6, 6.07) is 10.0. The molecule has 0 unspecified atom stereocenters. The summed E-state index contributed by atoms with van der Waals surface area (Å²) in [6.45, 7) is 1.07. The molecule has 1 aromatic rings. The fraction of sp³-hybridized carbons (Fsp3) is 0.364. The van der Waals surface area contributed by atoms with Crippen molar-refractivity contribution in [3.63, 3.8) is 0 Å². The van der Waals surface area contributed by atoms with Crippen molar-refractivity contribution in [3.8, 4) is 0 Å². The predicted octanol–water partition coefficient (Wildman–Crippen LogP) is 0.796. The molecule has 0 radical (unpaired) electrons. The summed E-state index contributed by atoms with van der Waals surface area (Å²) in [5.74, 6) is -0.143. The van der Waals surface area contributed by atoms with Crippen LogP contribution >= 0.6 is 0 Å². The summed E-state index contributed by atoms with van der Waals surface area (Å²) in [5.41, 5.74) is 3.47. The maximum Gasteiger partial charge on any atom is 0.257 e. The summed E-state index contributed by atoms with van der Waals surface area (Å²) in [4.78, 5) is 17.6. The van der Waals surface area contributed by atoms with Gasteiger partial charge in [-0.05, 0) is 12.6 Å². The van der Waals surface area contributed by atoms with Crippen LogP contribution in [0.4, 0.5) is 0 Å². The summed E-state index contributed by atoms with van der Waals surface area (Å²) in [6.07, 6.45) is 0. The van der Waals surface area contributed by atoms with Crippen molar-refractivity contribution >= 4 is 5.91 Å². The minimum atomic E-state index is -0.143. The first kappa shape index (κ1) is 11.7. The molecule has 0 aliphatic carbocycles. The molecular weight excluding hydrogens is 192 g/mol. The van der Waals surface area contributed by atoms with Crippen LogP contribution in [0.3, 0.4) is 0 Å². The SMILES string of the molecule is CONC(=O)CN(C)Cc1ccccc1. The number of carbonyl (C=O) groups excluding carboxylic acids is 1. The molecule has 0 saturated heterocycles. The molecule has 0 fully saturated rings. The monoisotopic (exact) mass is 208 g/mol. The van der Waals surface area contributed by atoms with E-state index in [-0.39, 0.29) is 5.91 Å². The molecule has 0 saturated carbocycles. The lowest BCUT2D eigenvalue weighted by atomic mass is 10.2. The maximum absolute atomic E-state index is 11.2. The Bertz CT molecular complexity index is 301. The Morgan fingerprint density at radius 1 is 1.40 bits per heavy atom. The second kappa shape index (κ2) is 6.16. The summed E-state index contributed by atoms with van der Waals surface area (Å²) in [7, 11) is 3.32. The molecule has 0 heterocycles. The Morgan fingerprint density at radius 2 is 2.07 bits per heavy atom. The topological polar surface area (TPSA) is 41.6 Å². The third-order valence-corrected chi connectivity index (χ3v) is 1.92. The molecule has 0 spiro atoms. The quantitative estimate of drug-likeness (QED) is 0.728. The standard InChI is InChI=1S/C11H16N2O2/c1-13(9-11(14)12-15-2)8-10-6-4-3-5-7-10/h3-7H,8-9H2,1-2H3,(H,12,14). The largest absolute Gasteiger partial charge is 0.293 e. The van der Waals surface area contributed by atoms with Gasteiger partial charge in [0.1, 0.15) is 0 Å². The van der Waals surface area contributed by atoms with E-state index >= 15 is 0 Å². The summed E-state index contributed by atoms with van der Waals surface area (Å²) >= 11 is 0. The molecule has 0 aliphatic rings. The molecule has 0 aliphatic heterocycles. The minimum Gasteiger partial charge on any atom is -0.293 e. The molecule has 0 bridgehead atoms. The number of amides is 1. The first-order valence-corrected chi connectivity index (χ1v) is 4.76. The van der Waals surface area contributed by atoms with Gasteiger partial charge in [-0.2, -0.15) is 0 Å². The van der Waals surface area contributed by atoms with Crippen LogP contribution in [0, 0.1) is 0 Å². The number of hydrogen-bond donors (Lipinski definition) is 1. The third kappa shape index (κ3) is 4.58. The minimum absolute atomic E-state index is 0.143. The smallest absolute Gasteiger partial charge is 0.257 e. The van der Waals surface area contributed by atoms with Crippen molar-refractivity contribution < 1.29 is 9.63 Å². The average Bonchev–Trinajstić information content (AvgIpc) is 2.19. The number of nitrogens with zero attached hydrogens (tertiary/aromatic N) is 1. The van der Waals surface area contributed by atoms with Gasteiger partial charge in [0.15, 0.2) is 0 Å². The first-order valence-electron chi connectivity index (χ1n) is 4.76. The number of hydroxylamine groups is 1. The lowest BCUT2D eigenvalue weighted by molar-refractivity contribution is -0.132. The van der Waals surface area contributed by atoms with Crippen molar-refractivity contribution in [1.29, 1.82) is 0 Å². The van der Waals surface area contributed by atoms with Gasteiger partial charge in [-0.3, -0.25) is 14.5 Å². The van der Waals surface area contributed by atoms with Gasteiger partial charge in [0, 0.05) is 6.54 Å². The highest BCUT2D eigenvalue weighted by Crippen LogP contribution is 2.01. The van der Waals surface area contributed by atoms with Crippen LogP contribution in [0.1, 0.15) is 5.56 Å². The second-order valence-electron chi connectivity index (χ2n) is 3.39. The van der Waals surface area contributed by atoms with Crippen molar-refractivity contribution in [2.45, 2.75) is 6.54 Å². The van der Waals surface area contributed by atoms with E-state index in [2.05, 4.69) is 10.3 Å². The van der Waals surface area contributed by atoms with Gasteiger partial charge in [0.25, 0.3) is 5.91 Å². The van der Waals surface area contributed by atoms with E-state index in [1.54, 1.807) is 0 Å². The molecular formula is C11H16N2O2. The van der Waals surface area contributed by atoms with Crippen LogP contribution in [0.5, 0.6) is 0 Å². The van der Waals surface area contributed by atoms with E-state index in [1.807, 2.05) is 42.3 Å². The van der Waals surface area contributed by atoms with Gasteiger partial charge in [0.2, 0.25) is 0 Å². The van der Waals surface area contributed by atoms with Crippen molar-refractivity contribution in [3.05, 3.63) is 35.9 Å². The van der Waals surface area contributed by atoms with Crippen molar-refractivity contribution in [2.75, 3.05) is 20.7 Å². The average molecular weight is 208 g/mol. The molecule has 0 aromatic heterocycles. The zero-order chi connectivity index (χ0) is 11.1. The van der Waals surface area contributed by atoms with Crippen LogP contribution in [-0.4, -0.2) is 31.5 Å². The highest BCUT2D eigenvalue weighted by molar-refractivity contribution is 5.76. The highest BCUT2D eigenvalue weighted by Gasteiger charge is 2.05. The molecule has 1 N–H and O–H groups in total. The molecule has 1 aromatic carbocycles. The van der Waals surface area contributed by atoms with Crippen molar-refractivity contribution in [2.24, 2.45) is 0 Å². The van der Waals surface area contributed by atoms with Crippen LogP contribution in [0.2, 0.25) is 0 Å². The van der Waals surface area contributed by atoms with E-state index in [0.29, 0.717) is 6.54 Å². The van der Waals surface area contributed by atoms with Crippen LogP contribution < -0.4 is 5.48 Å². The molecule has 1 amide bonds. The van der Waals surface area contributed by atoms with Gasteiger partial charge in [-0.1, -0.05) is 30.3 Å². The van der Waals surface area contributed by atoms with Crippen LogP contribution in [0.25, 0.3) is 0 Å². The van der Waals surface area contributed by atoms with Crippen LogP contribution in [0.15, 0.2) is 30.3 Å². The molecule has 0 atom stereocenters. The Balaban J connectivity index is 2.36. The zero-order valence-corrected chi connectivity index (χ0v) is 9.06. The van der Waals surface area contributed by atoms with Crippen molar-refractivity contribution in [1.82, 2.24) is 10.4 Å². The maximum atomic E-state index is 11.2. The van der Waals surface area contributed by atoms with Crippen LogP contribution in [-0.2, 0) is 16.2 Å². The van der Waals surface area contributed by atoms with E-state index in [9.17, 15) is 4.79 Å². The Kier molecular flexibility index (Phi) is 4.80. The number of carbonyl (C=O) groups is 1. The molecule has 4 heteroatoms. The van der Waals surface area contributed by atoms with Gasteiger partial charge < -0.3 is 0 Å². The molecule has 82 valence electrons. The fourth-order valence-electron chi connectivity index (χ4n) is 1.34. The summed E-state index contributed by atoms with van der Waals surface area (Å²) < 4.78 is 0. The summed E-state index contributed by atoms with van der Waals surface area (Å²) in [5, 5.41) is 0. The lowest BCUT2D eigenvalue weighted by Crippen LogP contribution is -2.34. The van der Waals surface area contributed by atoms with E-state index in [4.69, 9.17) is 0 Å². The van der Waals surface area contributed by atoms with Gasteiger partial charge in [-0.25, -0.2) is 5.48 Å². The van der Waals surface area contributed by atoms with E-state index < -0.39 is 0 Å². The predicted molar refractivity (Wildman–Crippen MR) is 57.9 cm³/mol. The first-order chi connectivity index (χ1) is 7.22. The Labute approximate surface area is 89.8 Å². The van der Waals surface area contributed by atoms with Gasteiger partial charge in [0.05, 0.1) is 13.7 Å². The number of likely N-dealkylation sites (N-methyl/N-ethyl adjacent to an activating group) is 1. The Hall–Kier alpha value is -1.39. The number of benzene rings is 1. The second-order valence-corrected chi connectivity index (χ2v) is 3.39. The fourth-order valence-corrected chi connectivity index (χ4v) is 1.34. The van der Waals surface area contributed by atoms with E-state index in [1.165, 1.54) is 12.7 Å². The molecule has 4 nitrogen and oxygen atoms in total. The Morgan fingerprint density at radius 3 is 2.67 bits per heavy atom. The zero-order valence-electron chi connectivity index (χ0n) is 9.06. The number of rotatable bonds is 5. The highest BCUT2D eigenvalue weighted by atomic mass is 16.6. The number of hydrogen-bond acceptors (Lipinski definition) is 3. The van der Waals surface area contributed by atoms with Gasteiger partial charge in [-0.15, -0.1) is 0 Å². The van der Waals surface area contributed by atoms with Gasteiger partial charge >= 0.3 is 0 Å². The molecule has 15 heavy (non-hydrogen) atoms.